The van der Waals surface area contributed by atoms with Crippen molar-refractivity contribution in [1.82, 2.24) is 0 Å². The first-order valence-electron chi connectivity index (χ1n) is 6.23. The van der Waals surface area contributed by atoms with E-state index in [0.29, 0.717) is 5.56 Å². The first kappa shape index (κ1) is 16.4. The van der Waals surface area contributed by atoms with Gasteiger partial charge in [0.15, 0.2) is 4.90 Å². The number of hydrogen-bond donors (Lipinski definition) is 1. The number of rotatable bonds is 4. The number of hydrogen-bond acceptors (Lipinski definition) is 5. The standard InChI is InChI=1S/C14H10FN3O4S/c1-9-4-2-6-12(10(9)8-16)17-23(21,22)13-7-3-5-11(15)14(13)18(19)20/h2-7,17H,1H3. The summed E-state index contributed by atoms with van der Waals surface area (Å²) in [6.07, 6.45) is 0. The molecule has 2 aromatic carbocycles. The van der Waals surface area contributed by atoms with Gasteiger partial charge in [0, 0.05) is 0 Å². The number of nitro groups is 1. The lowest BCUT2D eigenvalue weighted by atomic mass is 10.1. The Labute approximate surface area is 131 Å². The van der Waals surface area contributed by atoms with Crippen molar-refractivity contribution in [2.45, 2.75) is 11.8 Å². The number of anilines is 1. The van der Waals surface area contributed by atoms with Gasteiger partial charge in [-0.05, 0) is 30.7 Å². The number of nitro benzene ring substituents is 1. The number of para-hydroxylation sites is 1. The molecular formula is C14H10FN3O4S. The maximum Gasteiger partial charge on any atom is 0.325 e. The number of halogens is 1. The summed E-state index contributed by atoms with van der Waals surface area (Å²) in [7, 11) is -4.44. The highest BCUT2D eigenvalue weighted by atomic mass is 32.2. The van der Waals surface area contributed by atoms with Crippen LogP contribution in [-0.4, -0.2) is 13.3 Å². The summed E-state index contributed by atoms with van der Waals surface area (Å²) in [5, 5.41) is 20.0. The molecule has 0 spiro atoms. The van der Waals surface area contributed by atoms with Crippen molar-refractivity contribution >= 4 is 21.4 Å². The predicted molar refractivity (Wildman–Crippen MR) is 79.8 cm³/mol. The SMILES string of the molecule is Cc1cccc(NS(=O)(=O)c2cccc(F)c2[N+](=O)[O-])c1C#N. The van der Waals surface area contributed by atoms with Gasteiger partial charge in [0.25, 0.3) is 10.0 Å². The molecule has 9 heteroatoms. The second-order valence-electron chi connectivity index (χ2n) is 4.56. The van der Waals surface area contributed by atoms with E-state index in [4.69, 9.17) is 5.26 Å². The summed E-state index contributed by atoms with van der Waals surface area (Å²) < 4.78 is 40.4. The molecule has 0 aliphatic carbocycles. The van der Waals surface area contributed by atoms with E-state index in [1.807, 2.05) is 6.07 Å². The molecular weight excluding hydrogens is 325 g/mol. The molecule has 0 unspecified atom stereocenters. The number of nitriles is 1. The van der Waals surface area contributed by atoms with Crippen LogP contribution in [0.25, 0.3) is 0 Å². The van der Waals surface area contributed by atoms with Gasteiger partial charge >= 0.3 is 5.69 Å². The molecule has 0 aliphatic rings. The van der Waals surface area contributed by atoms with Crippen molar-refractivity contribution in [3.8, 4) is 6.07 Å². The van der Waals surface area contributed by atoms with Gasteiger partial charge in [-0.25, -0.2) is 8.42 Å². The van der Waals surface area contributed by atoms with E-state index >= 15 is 0 Å². The van der Waals surface area contributed by atoms with Crippen LogP contribution in [0.15, 0.2) is 41.3 Å². The van der Waals surface area contributed by atoms with Crippen LogP contribution in [-0.2, 0) is 10.0 Å². The lowest BCUT2D eigenvalue weighted by molar-refractivity contribution is -0.390. The molecule has 0 saturated heterocycles. The first-order chi connectivity index (χ1) is 10.8. The van der Waals surface area contributed by atoms with Gasteiger partial charge in [-0.3, -0.25) is 14.8 Å². The summed E-state index contributed by atoms with van der Waals surface area (Å²) in [5.74, 6) is -1.26. The second-order valence-corrected chi connectivity index (χ2v) is 6.21. The maximum atomic E-state index is 13.6. The van der Waals surface area contributed by atoms with Crippen molar-refractivity contribution in [3.63, 3.8) is 0 Å². The fourth-order valence-electron chi connectivity index (χ4n) is 1.99. The van der Waals surface area contributed by atoms with E-state index in [0.717, 1.165) is 18.2 Å². The zero-order valence-corrected chi connectivity index (χ0v) is 12.6. The number of sulfonamides is 1. The third-order valence-electron chi connectivity index (χ3n) is 3.05. The highest BCUT2D eigenvalue weighted by Crippen LogP contribution is 2.29. The van der Waals surface area contributed by atoms with Crippen LogP contribution in [0.3, 0.4) is 0 Å². The van der Waals surface area contributed by atoms with Gasteiger partial charge in [0.1, 0.15) is 6.07 Å². The van der Waals surface area contributed by atoms with Crippen molar-refractivity contribution in [1.29, 1.82) is 5.26 Å². The molecule has 2 aromatic rings. The van der Waals surface area contributed by atoms with E-state index in [1.165, 1.54) is 12.1 Å². The summed E-state index contributed by atoms with van der Waals surface area (Å²) in [4.78, 5) is 9.02. The summed E-state index contributed by atoms with van der Waals surface area (Å²) in [6.45, 7) is 1.61. The molecule has 0 aromatic heterocycles. The van der Waals surface area contributed by atoms with Crippen LogP contribution in [0, 0.1) is 34.2 Å². The number of nitrogens with zero attached hydrogens (tertiary/aromatic N) is 2. The molecule has 0 heterocycles. The summed E-state index contributed by atoms with van der Waals surface area (Å²) in [6, 6.07) is 9.10. The third-order valence-corrected chi connectivity index (χ3v) is 4.45. The quantitative estimate of drug-likeness (QED) is 0.681. The number of benzene rings is 2. The van der Waals surface area contributed by atoms with Gasteiger partial charge in [0.05, 0.1) is 16.2 Å². The minimum Gasteiger partial charge on any atom is -0.278 e. The van der Waals surface area contributed by atoms with Crippen LogP contribution in [0.5, 0.6) is 0 Å². The Hall–Kier alpha value is -2.99. The molecule has 118 valence electrons. The van der Waals surface area contributed by atoms with Crippen LogP contribution in [0.2, 0.25) is 0 Å². The van der Waals surface area contributed by atoms with E-state index in [2.05, 4.69) is 4.72 Å². The molecule has 2 rings (SSSR count). The average molecular weight is 335 g/mol. The van der Waals surface area contributed by atoms with Crippen molar-refractivity contribution in [2.24, 2.45) is 0 Å². The molecule has 0 atom stereocenters. The van der Waals surface area contributed by atoms with Crippen LogP contribution in [0.1, 0.15) is 11.1 Å². The second kappa shape index (κ2) is 6.02. The first-order valence-corrected chi connectivity index (χ1v) is 7.71. The Morgan fingerprint density at radius 1 is 1.26 bits per heavy atom. The largest absolute Gasteiger partial charge is 0.325 e. The van der Waals surface area contributed by atoms with Gasteiger partial charge in [-0.2, -0.15) is 9.65 Å². The van der Waals surface area contributed by atoms with Crippen molar-refractivity contribution in [2.75, 3.05) is 4.72 Å². The predicted octanol–water partition coefficient (Wildman–Crippen LogP) is 2.71. The van der Waals surface area contributed by atoms with Crippen LogP contribution < -0.4 is 4.72 Å². The summed E-state index contributed by atoms with van der Waals surface area (Å²) >= 11 is 0. The molecule has 1 N–H and O–H groups in total. The fourth-order valence-corrected chi connectivity index (χ4v) is 3.24. The monoisotopic (exact) mass is 335 g/mol. The highest BCUT2D eigenvalue weighted by Gasteiger charge is 2.30. The van der Waals surface area contributed by atoms with E-state index in [-0.39, 0.29) is 11.3 Å². The Morgan fingerprint density at radius 2 is 1.91 bits per heavy atom. The molecule has 0 aliphatic heterocycles. The van der Waals surface area contributed by atoms with Crippen LogP contribution >= 0.6 is 0 Å². The average Bonchev–Trinajstić information content (AvgIpc) is 2.46. The Bertz CT molecular complexity index is 936. The minimum atomic E-state index is -4.44. The smallest absolute Gasteiger partial charge is 0.278 e. The summed E-state index contributed by atoms with van der Waals surface area (Å²) in [5.41, 5.74) is -0.575. The zero-order chi connectivity index (χ0) is 17.2. The lowest BCUT2D eigenvalue weighted by Crippen LogP contribution is -2.16. The number of nitrogens with one attached hydrogen (secondary N) is 1. The minimum absolute atomic E-state index is 0.0361. The third kappa shape index (κ3) is 3.12. The number of aryl methyl sites for hydroxylation is 1. The molecule has 0 radical (unpaired) electrons. The van der Waals surface area contributed by atoms with E-state index < -0.39 is 31.3 Å². The topological polar surface area (TPSA) is 113 Å². The van der Waals surface area contributed by atoms with Gasteiger partial charge in [-0.15, -0.1) is 0 Å². The Kier molecular flexibility index (Phi) is 4.29. The van der Waals surface area contributed by atoms with Crippen LogP contribution in [0.4, 0.5) is 15.8 Å². The molecule has 0 bridgehead atoms. The zero-order valence-electron chi connectivity index (χ0n) is 11.8. The van der Waals surface area contributed by atoms with Gasteiger partial charge in [-0.1, -0.05) is 18.2 Å². The van der Waals surface area contributed by atoms with E-state index in [1.54, 1.807) is 13.0 Å². The normalized spacial score (nSPS) is 10.8. The van der Waals surface area contributed by atoms with Gasteiger partial charge < -0.3 is 0 Å². The molecule has 0 saturated carbocycles. The van der Waals surface area contributed by atoms with Crippen molar-refractivity contribution < 1.29 is 17.7 Å². The Balaban J connectivity index is 2.59. The van der Waals surface area contributed by atoms with E-state index in [9.17, 15) is 22.9 Å². The van der Waals surface area contributed by atoms with Crippen molar-refractivity contribution in [3.05, 3.63) is 63.5 Å². The molecule has 0 amide bonds. The molecule has 0 fully saturated rings. The Morgan fingerprint density at radius 3 is 2.52 bits per heavy atom. The fraction of sp³-hybridized carbons (Fsp3) is 0.0714. The molecule has 7 nitrogen and oxygen atoms in total. The lowest BCUT2D eigenvalue weighted by Gasteiger charge is -2.11. The molecule has 23 heavy (non-hydrogen) atoms. The maximum absolute atomic E-state index is 13.6. The highest BCUT2D eigenvalue weighted by molar-refractivity contribution is 7.92. The van der Waals surface area contributed by atoms with Gasteiger partial charge in [0.2, 0.25) is 5.82 Å².